The van der Waals surface area contributed by atoms with Crippen molar-refractivity contribution in [2.45, 2.75) is 38.5 Å². The topological polar surface area (TPSA) is 57.1 Å². The molecule has 6 heteroatoms. The molecule has 0 aliphatic carbocycles. The maximum Gasteiger partial charge on any atom is 0.250 e. The third kappa shape index (κ3) is 3.85. The van der Waals surface area contributed by atoms with E-state index in [0.717, 1.165) is 10.0 Å². The summed E-state index contributed by atoms with van der Waals surface area (Å²) in [5, 5.41) is 0. The van der Waals surface area contributed by atoms with Gasteiger partial charge in [-0.1, -0.05) is 0 Å². The minimum absolute atomic E-state index is 0.0802. The molecule has 0 fully saturated rings. The Hall–Kier alpha value is -0.300. The zero-order valence-corrected chi connectivity index (χ0v) is 13.7. The first-order chi connectivity index (χ1) is 8.12. The van der Waals surface area contributed by atoms with E-state index in [-0.39, 0.29) is 16.3 Å². The SMILES string of the molecule is CC(N[S+]([O-])C(C)(C)C)c1cc(=O)n(C)cc1Br. The van der Waals surface area contributed by atoms with Crippen molar-refractivity contribution in [3.8, 4) is 0 Å². The van der Waals surface area contributed by atoms with E-state index in [1.54, 1.807) is 19.3 Å². The second-order valence-electron chi connectivity index (χ2n) is 5.25. The van der Waals surface area contributed by atoms with Gasteiger partial charge in [0, 0.05) is 35.1 Å². The van der Waals surface area contributed by atoms with E-state index in [1.807, 2.05) is 27.7 Å². The third-order valence-corrected chi connectivity index (χ3v) is 4.86. The molecule has 0 radical (unpaired) electrons. The molecular formula is C12H19BrN2O2S. The second-order valence-corrected chi connectivity index (χ2v) is 8.10. The van der Waals surface area contributed by atoms with Crippen molar-refractivity contribution in [3.05, 3.63) is 32.7 Å². The molecule has 0 bridgehead atoms. The van der Waals surface area contributed by atoms with Crippen LogP contribution in [0.5, 0.6) is 0 Å². The van der Waals surface area contributed by atoms with Crippen LogP contribution < -0.4 is 10.3 Å². The molecular weight excluding hydrogens is 316 g/mol. The van der Waals surface area contributed by atoms with E-state index in [9.17, 15) is 9.35 Å². The number of nitrogens with zero attached hydrogens (tertiary/aromatic N) is 1. The first-order valence-corrected chi connectivity index (χ1v) is 7.61. The first kappa shape index (κ1) is 15.8. The highest BCUT2D eigenvalue weighted by Gasteiger charge is 2.28. The van der Waals surface area contributed by atoms with Crippen molar-refractivity contribution < 1.29 is 4.55 Å². The van der Waals surface area contributed by atoms with E-state index < -0.39 is 11.4 Å². The molecule has 1 N–H and O–H groups in total. The van der Waals surface area contributed by atoms with Gasteiger partial charge in [0.2, 0.25) is 0 Å². The summed E-state index contributed by atoms with van der Waals surface area (Å²) in [5.74, 6) is 0. The lowest BCUT2D eigenvalue weighted by molar-refractivity contribution is 0.530. The minimum Gasteiger partial charge on any atom is -0.598 e. The van der Waals surface area contributed by atoms with Crippen molar-refractivity contribution in [2.75, 3.05) is 0 Å². The molecule has 1 aromatic heterocycles. The Kier molecular flexibility index (Phi) is 5.05. The molecule has 1 heterocycles. The van der Waals surface area contributed by atoms with Gasteiger partial charge in [0.25, 0.3) is 5.56 Å². The van der Waals surface area contributed by atoms with Gasteiger partial charge >= 0.3 is 0 Å². The molecule has 0 saturated carbocycles. The van der Waals surface area contributed by atoms with E-state index in [1.165, 1.54) is 4.57 Å². The number of rotatable bonds is 3. The predicted octanol–water partition coefficient (Wildman–Crippen LogP) is 2.26. The molecule has 18 heavy (non-hydrogen) atoms. The zero-order valence-electron chi connectivity index (χ0n) is 11.3. The monoisotopic (exact) mass is 334 g/mol. The van der Waals surface area contributed by atoms with Crippen LogP contribution in [0, 0.1) is 0 Å². The quantitative estimate of drug-likeness (QED) is 0.862. The Balaban J connectivity index is 2.95. The standard InChI is InChI=1S/C12H19BrN2O2S/c1-8(14-18(17)12(2,3)4)9-6-11(16)15(5)7-10(9)13/h6-8,14H,1-5H3. The molecule has 2 unspecified atom stereocenters. The van der Waals surface area contributed by atoms with Crippen LogP contribution >= 0.6 is 15.9 Å². The van der Waals surface area contributed by atoms with Crippen LogP contribution in [0.3, 0.4) is 0 Å². The zero-order chi connectivity index (χ0) is 14.1. The van der Waals surface area contributed by atoms with E-state index in [4.69, 9.17) is 0 Å². The fourth-order valence-electron chi connectivity index (χ4n) is 1.34. The van der Waals surface area contributed by atoms with Crippen LogP contribution in [-0.2, 0) is 18.4 Å². The Morgan fingerprint density at radius 2 is 2.06 bits per heavy atom. The molecule has 4 nitrogen and oxygen atoms in total. The maximum absolute atomic E-state index is 12.0. The highest BCUT2D eigenvalue weighted by molar-refractivity contribution is 9.10. The van der Waals surface area contributed by atoms with E-state index >= 15 is 0 Å². The first-order valence-electron chi connectivity index (χ1n) is 5.67. The Morgan fingerprint density at radius 3 is 2.56 bits per heavy atom. The molecule has 0 aliphatic heterocycles. The van der Waals surface area contributed by atoms with Crippen molar-refractivity contribution in [1.82, 2.24) is 9.29 Å². The minimum atomic E-state index is -1.17. The highest BCUT2D eigenvalue weighted by atomic mass is 79.9. The average Bonchev–Trinajstić information content (AvgIpc) is 2.21. The molecule has 1 rings (SSSR count). The van der Waals surface area contributed by atoms with Crippen LogP contribution in [0.25, 0.3) is 0 Å². The molecule has 2 atom stereocenters. The molecule has 0 spiro atoms. The summed E-state index contributed by atoms with van der Waals surface area (Å²) in [6.45, 7) is 7.61. The van der Waals surface area contributed by atoms with Gasteiger partial charge in [-0.3, -0.25) is 4.79 Å². The molecule has 0 amide bonds. The molecule has 1 aromatic rings. The van der Waals surface area contributed by atoms with Gasteiger partial charge in [-0.2, -0.15) is 0 Å². The Labute approximate surface area is 119 Å². The van der Waals surface area contributed by atoms with Crippen molar-refractivity contribution >= 4 is 27.3 Å². The number of aromatic nitrogens is 1. The summed E-state index contributed by atoms with van der Waals surface area (Å²) in [4.78, 5) is 11.6. The summed E-state index contributed by atoms with van der Waals surface area (Å²) in [6.07, 6.45) is 1.72. The number of pyridine rings is 1. The molecule has 0 aliphatic rings. The number of halogens is 1. The third-order valence-electron chi connectivity index (χ3n) is 2.52. The second kappa shape index (κ2) is 5.77. The van der Waals surface area contributed by atoms with E-state index in [2.05, 4.69) is 20.7 Å². The summed E-state index contributed by atoms with van der Waals surface area (Å²) in [7, 11) is 1.70. The number of aryl methyl sites for hydroxylation is 1. The van der Waals surface area contributed by atoms with Gasteiger partial charge in [-0.15, -0.1) is 4.72 Å². The van der Waals surface area contributed by atoms with Crippen LogP contribution in [0.4, 0.5) is 0 Å². The van der Waals surface area contributed by atoms with Gasteiger partial charge in [-0.05, 0) is 49.2 Å². The Bertz CT molecular complexity index is 482. The summed E-state index contributed by atoms with van der Waals surface area (Å²) in [6, 6.07) is 1.40. The van der Waals surface area contributed by atoms with Gasteiger partial charge in [0.1, 0.15) is 4.75 Å². The van der Waals surface area contributed by atoms with Gasteiger partial charge in [0.05, 0.1) is 6.04 Å². The van der Waals surface area contributed by atoms with E-state index in [0.29, 0.717) is 0 Å². The smallest absolute Gasteiger partial charge is 0.250 e. The average molecular weight is 335 g/mol. The molecule has 102 valence electrons. The Morgan fingerprint density at radius 1 is 1.50 bits per heavy atom. The predicted molar refractivity (Wildman–Crippen MR) is 78.8 cm³/mol. The molecule has 0 aromatic carbocycles. The highest BCUT2D eigenvalue weighted by Crippen LogP contribution is 2.24. The van der Waals surface area contributed by atoms with Crippen molar-refractivity contribution in [3.63, 3.8) is 0 Å². The number of nitrogens with one attached hydrogen (secondary N) is 1. The summed E-state index contributed by atoms with van der Waals surface area (Å²) >= 11 is 2.26. The number of hydrogen-bond acceptors (Lipinski definition) is 3. The van der Waals surface area contributed by atoms with Crippen molar-refractivity contribution in [1.29, 1.82) is 0 Å². The lowest BCUT2D eigenvalue weighted by Gasteiger charge is -2.26. The van der Waals surface area contributed by atoms with Crippen molar-refractivity contribution in [2.24, 2.45) is 7.05 Å². The molecule has 0 saturated heterocycles. The fraction of sp³-hybridized carbons (Fsp3) is 0.583. The van der Waals surface area contributed by atoms with Crippen LogP contribution in [0.2, 0.25) is 0 Å². The number of hydrogen-bond donors (Lipinski definition) is 1. The maximum atomic E-state index is 12.0. The van der Waals surface area contributed by atoms with Crippen LogP contribution in [0.15, 0.2) is 21.5 Å². The van der Waals surface area contributed by atoms with Crippen LogP contribution in [0.1, 0.15) is 39.3 Å². The lowest BCUT2D eigenvalue weighted by Crippen LogP contribution is -2.40. The lowest BCUT2D eigenvalue weighted by atomic mass is 10.1. The van der Waals surface area contributed by atoms with Gasteiger partial charge in [-0.25, -0.2) is 0 Å². The normalized spacial score (nSPS) is 15.5. The largest absolute Gasteiger partial charge is 0.598 e. The van der Waals surface area contributed by atoms with Gasteiger partial charge in [0.15, 0.2) is 0 Å². The summed E-state index contributed by atoms with van der Waals surface area (Å²) in [5.41, 5.74) is 0.735. The van der Waals surface area contributed by atoms with Crippen LogP contribution in [-0.4, -0.2) is 13.9 Å². The van der Waals surface area contributed by atoms with Gasteiger partial charge < -0.3 is 9.12 Å². The summed E-state index contributed by atoms with van der Waals surface area (Å²) < 4.78 is 17.0. The fourth-order valence-corrected chi connectivity index (χ4v) is 2.91.